The number of nitrogens with zero attached hydrogens (tertiary/aromatic N) is 1. The summed E-state index contributed by atoms with van der Waals surface area (Å²) < 4.78 is 0. The van der Waals surface area contributed by atoms with Gasteiger partial charge in [-0.1, -0.05) is 32.1 Å². The van der Waals surface area contributed by atoms with E-state index in [-0.39, 0.29) is 5.91 Å². The van der Waals surface area contributed by atoms with Gasteiger partial charge in [0.2, 0.25) is 5.91 Å². The predicted octanol–water partition coefficient (Wildman–Crippen LogP) is 2.04. The fourth-order valence-corrected chi connectivity index (χ4v) is 4.41. The standard InChI is InChI=1S/C17H31N3O/c21-17(19-14-7-3-1-2-4-8-14)13-18-15-10-12-20-11-6-5-9-16(15)20/h14-16,18H,1-13H2,(H,19,21). The normalized spacial score (nSPS) is 31.6. The number of carbonyl (C=O) groups is 1. The predicted molar refractivity (Wildman–Crippen MR) is 85.3 cm³/mol. The van der Waals surface area contributed by atoms with Gasteiger partial charge in [0.05, 0.1) is 6.54 Å². The van der Waals surface area contributed by atoms with Crippen LogP contribution in [-0.2, 0) is 4.79 Å². The smallest absolute Gasteiger partial charge is 0.234 e. The fourth-order valence-electron chi connectivity index (χ4n) is 4.41. The zero-order valence-electron chi connectivity index (χ0n) is 13.3. The monoisotopic (exact) mass is 293 g/mol. The second-order valence-corrected chi connectivity index (χ2v) is 7.13. The minimum atomic E-state index is 0.205. The van der Waals surface area contributed by atoms with E-state index in [2.05, 4.69) is 15.5 Å². The Morgan fingerprint density at radius 2 is 1.67 bits per heavy atom. The van der Waals surface area contributed by atoms with Crippen LogP contribution in [0.15, 0.2) is 0 Å². The highest BCUT2D eigenvalue weighted by atomic mass is 16.2. The molecule has 2 heterocycles. The SMILES string of the molecule is O=C(CNC1CCN2CCCCC12)NC1CCCCCC1. The lowest BCUT2D eigenvalue weighted by Crippen LogP contribution is -2.48. The lowest BCUT2D eigenvalue weighted by atomic mass is 9.99. The van der Waals surface area contributed by atoms with Crippen LogP contribution in [-0.4, -0.2) is 48.6 Å². The Labute approximate surface area is 129 Å². The van der Waals surface area contributed by atoms with Gasteiger partial charge in [0.25, 0.3) is 0 Å². The summed E-state index contributed by atoms with van der Waals surface area (Å²) in [5.41, 5.74) is 0. The number of hydrogen-bond acceptors (Lipinski definition) is 3. The van der Waals surface area contributed by atoms with Crippen molar-refractivity contribution in [3.63, 3.8) is 0 Å². The van der Waals surface area contributed by atoms with E-state index in [1.807, 2.05) is 0 Å². The fraction of sp³-hybridized carbons (Fsp3) is 0.941. The van der Waals surface area contributed by atoms with Gasteiger partial charge in [-0.25, -0.2) is 0 Å². The van der Waals surface area contributed by atoms with Crippen molar-refractivity contribution in [3.05, 3.63) is 0 Å². The van der Waals surface area contributed by atoms with Crippen LogP contribution in [0.25, 0.3) is 0 Å². The Morgan fingerprint density at radius 3 is 2.48 bits per heavy atom. The molecule has 2 N–H and O–H groups in total. The number of rotatable bonds is 4. The highest BCUT2D eigenvalue weighted by Gasteiger charge is 2.35. The number of hydrogen-bond donors (Lipinski definition) is 2. The lowest BCUT2D eigenvalue weighted by molar-refractivity contribution is -0.121. The highest BCUT2D eigenvalue weighted by molar-refractivity contribution is 5.78. The third-order valence-corrected chi connectivity index (χ3v) is 5.60. The van der Waals surface area contributed by atoms with E-state index in [4.69, 9.17) is 0 Å². The van der Waals surface area contributed by atoms with Crippen molar-refractivity contribution >= 4 is 5.91 Å². The minimum Gasteiger partial charge on any atom is -0.352 e. The third-order valence-electron chi connectivity index (χ3n) is 5.60. The zero-order chi connectivity index (χ0) is 14.5. The second-order valence-electron chi connectivity index (χ2n) is 7.13. The molecule has 3 rings (SSSR count). The molecular formula is C17H31N3O. The van der Waals surface area contributed by atoms with Gasteiger partial charge in [-0.05, 0) is 38.6 Å². The summed E-state index contributed by atoms with van der Waals surface area (Å²) in [6.45, 7) is 2.98. The number of amides is 1. The summed E-state index contributed by atoms with van der Waals surface area (Å²) in [5.74, 6) is 0.205. The molecule has 120 valence electrons. The molecule has 4 nitrogen and oxygen atoms in total. The van der Waals surface area contributed by atoms with E-state index in [1.54, 1.807) is 0 Å². The van der Waals surface area contributed by atoms with Crippen LogP contribution in [0.2, 0.25) is 0 Å². The maximum atomic E-state index is 12.2. The molecule has 0 radical (unpaired) electrons. The first-order valence-electron chi connectivity index (χ1n) is 9.10. The Bertz CT molecular complexity index is 339. The number of fused-ring (bicyclic) bond motifs is 1. The molecule has 3 fully saturated rings. The summed E-state index contributed by atoms with van der Waals surface area (Å²) in [7, 11) is 0. The summed E-state index contributed by atoms with van der Waals surface area (Å²) >= 11 is 0. The van der Waals surface area contributed by atoms with Crippen molar-refractivity contribution in [2.24, 2.45) is 0 Å². The third kappa shape index (κ3) is 4.19. The number of nitrogens with one attached hydrogen (secondary N) is 2. The van der Waals surface area contributed by atoms with Gasteiger partial charge >= 0.3 is 0 Å². The molecule has 2 saturated heterocycles. The summed E-state index contributed by atoms with van der Waals surface area (Å²) in [5, 5.41) is 6.77. The maximum Gasteiger partial charge on any atom is 0.234 e. The summed E-state index contributed by atoms with van der Waals surface area (Å²) in [6, 6.07) is 1.64. The quantitative estimate of drug-likeness (QED) is 0.780. The molecule has 1 saturated carbocycles. The van der Waals surface area contributed by atoms with Crippen LogP contribution >= 0.6 is 0 Å². The van der Waals surface area contributed by atoms with Crippen LogP contribution < -0.4 is 10.6 Å². The van der Waals surface area contributed by atoms with Gasteiger partial charge in [-0.3, -0.25) is 9.69 Å². The Hall–Kier alpha value is -0.610. The average Bonchev–Trinajstić information content (AvgIpc) is 2.74. The van der Waals surface area contributed by atoms with E-state index >= 15 is 0 Å². The molecule has 0 bridgehead atoms. The summed E-state index contributed by atoms with van der Waals surface area (Å²) in [6.07, 6.45) is 12.8. The van der Waals surface area contributed by atoms with Crippen LogP contribution in [0.4, 0.5) is 0 Å². The molecule has 0 aromatic rings. The van der Waals surface area contributed by atoms with Crippen LogP contribution in [0.5, 0.6) is 0 Å². The Balaban J connectivity index is 1.39. The van der Waals surface area contributed by atoms with Gasteiger partial charge in [-0.15, -0.1) is 0 Å². The van der Waals surface area contributed by atoms with Gasteiger partial charge in [0.1, 0.15) is 0 Å². The minimum absolute atomic E-state index is 0.205. The second kappa shape index (κ2) is 7.59. The van der Waals surface area contributed by atoms with Crippen molar-refractivity contribution in [2.75, 3.05) is 19.6 Å². The molecule has 2 unspecified atom stereocenters. The highest BCUT2D eigenvalue weighted by Crippen LogP contribution is 2.26. The molecule has 3 aliphatic rings. The molecule has 0 spiro atoms. The van der Waals surface area contributed by atoms with Crippen molar-refractivity contribution in [1.29, 1.82) is 0 Å². The van der Waals surface area contributed by atoms with Crippen molar-refractivity contribution < 1.29 is 4.79 Å². The van der Waals surface area contributed by atoms with Gasteiger partial charge in [-0.2, -0.15) is 0 Å². The number of piperidine rings is 1. The Morgan fingerprint density at radius 1 is 0.905 bits per heavy atom. The molecule has 0 aromatic carbocycles. The van der Waals surface area contributed by atoms with Crippen molar-refractivity contribution in [1.82, 2.24) is 15.5 Å². The van der Waals surface area contributed by atoms with Crippen LogP contribution in [0.3, 0.4) is 0 Å². The number of carbonyl (C=O) groups excluding carboxylic acids is 1. The van der Waals surface area contributed by atoms with Gasteiger partial charge in [0, 0.05) is 24.7 Å². The first-order valence-corrected chi connectivity index (χ1v) is 9.10. The van der Waals surface area contributed by atoms with Crippen molar-refractivity contribution in [2.45, 2.75) is 82.3 Å². The summed E-state index contributed by atoms with van der Waals surface area (Å²) in [4.78, 5) is 14.8. The van der Waals surface area contributed by atoms with E-state index in [0.29, 0.717) is 24.7 Å². The van der Waals surface area contributed by atoms with E-state index in [1.165, 1.54) is 77.3 Å². The van der Waals surface area contributed by atoms with Crippen LogP contribution in [0.1, 0.15) is 64.2 Å². The average molecular weight is 293 g/mol. The molecule has 21 heavy (non-hydrogen) atoms. The molecule has 4 heteroatoms. The van der Waals surface area contributed by atoms with E-state index < -0.39 is 0 Å². The Kier molecular flexibility index (Phi) is 5.53. The lowest BCUT2D eigenvalue weighted by Gasteiger charge is -2.32. The van der Waals surface area contributed by atoms with Gasteiger partial charge < -0.3 is 10.6 Å². The molecule has 0 aromatic heterocycles. The maximum absolute atomic E-state index is 12.2. The van der Waals surface area contributed by atoms with E-state index in [0.717, 1.165) is 0 Å². The molecule has 2 atom stereocenters. The first-order chi connectivity index (χ1) is 10.3. The largest absolute Gasteiger partial charge is 0.352 e. The molecule has 2 aliphatic heterocycles. The van der Waals surface area contributed by atoms with Gasteiger partial charge in [0.15, 0.2) is 0 Å². The topological polar surface area (TPSA) is 44.4 Å². The molecular weight excluding hydrogens is 262 g/mol. The molecule has 1 aliphatic carbocycles. The zero-order valence-corrected chi connectivity index (χ0v) is 13.3. The van der Waals surface area contributed by atoms with Crippen molar-refractivity contribution in [3.8, 4) is 0 Å². The first kappa shape index (κ1) is 15.3. The molecule has 1 amide bonds. The van der Waals surface area contributed by atoms with E-state index in [9.17, 15) is 4.79 Å². The van der Waals surface area contributed by atoms with Crippen LogP contribution in [0, 0.1) is 0 Å².